The van der Waals surface area contributed by atoms with Gasteiger partial charge in [0.2, 0.25) is 11.0 Å². The molecule has 0 saturated heterocycles. The third-order valence-corrected chi connectivity index (χ3v) is 4.75. The summed E-state index contributed by atoms with van der Waals surface area (Å²) in [5.74, 6) is 0.342. The van der Waals surface area contributed by atoms with E-state index < -0.39 is 0 Å². The molecule has 1 aromatic carbocycles. The Bertz CT molecular complexity index is 573. The lowest BCUT2D eigenvalue weighted by atomic mass is 10.1. The summed E-state index contributed by atoms with van der Waals surface area (Å²) in [4.78, 5) is 11.9. The van der Waals surface area contributed by atoms with Crippen LogP contribution in [0.5, 0.6) is 0 Å². The number of rotatable bonds is 7. The van der Waals surface area contributed by atoms with Gasteiger partial charge in [0.05, 0.1) is 11.8 Å². The fourth-order valence-corrected chi connectivity index (χ4v) is 3.36. The molecule has 2 N–H and O–H groups in total. The van der Waals surface area contributed by atoms with Gasteiger partial charge in [-0.1, -0.05) is 53.4 Å². The Kier molecular flexibility index (Phi) is 6.01. The van der Waals surface area contributed by atoms with Crippen LogP contribution >= 0.6 is 23.1 Å². The standard InChI is InChI=1S/C14H18N4OS2/c1-3-15-13-17-18-14(21-13)20-9-12(19)16-10(2)11-7-5-4-6-8-11/h4-8,10H,3,9H2,1-2H3,(H,15,17)(H,16,19)/t10-/m0/s1. The second-order valence-electron chi connectivity index (χ2n) is 4.39. The molecule has 1 amide bonds. The topological polar surface area (TPSA) is 66.9 Å². The van der Waals surface area contributed by atoms with Crippen molar-refractivity contribution < 1.29 is 4.79 Å². The maximum atomic E-state index is 11.9. The minimum absolute atomic E-state index is 0.00319. The van der Waals surface area contributed by atoms with E-state index in [1.54, 1.807) is 0 Å². The van der Waals surface area contributed by atoms with Gasteiger partial charge in [0, 0.05) is 6.54 Å². The van der Waals surface area contributed by atoms with E-state index in [1.165, 1.54) is 23.1 Å². The van der Waals surface area contributed by atoms with Gasteiger partial charge >= 0.3 is 0 Å². The lowest BCUT2D eigenvalue weighted by Crippen LogP contribution is -2.28. The van der Waals surface area contributed by atoms with Crippen molar-refractivity contribution in [3.8, 4) is 0 Å². The highest BCUT2D eigenvalue weighted by atomic mass is 32.2. The molecule has 0 bridgehead atoms. The number of aromatic nitrogens is 2. The van der Waals surface area contributed by atoms with Gasteiger partial charge in [-0.3, -0.25) is 4.79 Å². The predicted molar refractivity (Wildman–Crippen MR) is 87.8 cm³/mol. The Morgan fingerprint density at radius 1 is 1.33 bits per heavy atom. The zero-order valence-electron chi connectivity index (χ0n) is 12.0. The van der Waals surface area contributed by atoms with Crippen LogP contribution in [0.2, 0.25) is 0 Å². The SMILES string of the molecule is CCNc1nnc(SCC(=O)N[C@@H](C)c2ccccc2)s1. The first-order valence-corrected chi connectivity index (χ1v) is 8.53. The molecule has 0 aliphatic heterocycles. The molecule has 0 radical (unpaired) electrons. The Morgan fingerprint density at radius 3 is 2.81 bits per heavy atom. The number of carbonyl (C=O) groups is 1. The van der Waals surface area contributed by atoms with Crippen LogP contribution in [-0.2, 0) is 4.79 Å². The number of hydrogen-bond acceptors (Lipinski definition) is 6. The van der Waals surface area contributed by atoms with Crippen LogP contribution in [0.3, 0.4) is 0 Å². The Labute approximate surface area is 132 Å². The van der Waals surface area contributed by atoms with Crippen LogP contribution in [0.1, 0.15) is 25.5 Å². The first-order chi connectivity index (χ1) is 10.2. The monoisotopic (exact) mass is 322 g/mol. The lowest BCUT2D eigenvalue weighted by Gasteiger charge is -2.13. The number of hydrogen-bond donors (Lipinski definition) is 2. The minimum atomic E-state index is -0.00319. The van der Waals surface area contributed by atoms with E-state index in [1.807, 2.05) is 44.2 Å². The molecule has 0 aliphatic carbocycles. The minimum Gasteiger partial charge on any atom is -0.360 e. The molecule has 2 aromatic rings. The summed E-state index contributed by atoms with van der Waals surface area (Å²) >= 11 is 2.87. The van der Waals surface area contributed by atoms with Crippen LogP contribution < -0.4 is 10.6 Å². The molecule has 0 aliphatic rings. The Hall–Kier alpha value is -1.60. The van der Waals surface area contributed by atoms with E-state index in [0.29, 0.717) is 5.75 Å². The number of amides is 1. The number of thioether (sulfide) groups is 1. The number of carbonyl (C=O) groups excluding carboxylic acids is 1. The van der Waals surface area contributed by atoms with Crippen molar-refractivity contribution in [2.75, 3.05) is 17.6 Å². The van der Waals surface area contributed by atoms with Gasteiger partial charge in [0.25, 0.3) is 0 Å². The molecular formula is C14H18N4OS2. The largest absolute Gasteiger partial charge is 0.360 e. The van der Waals surface area contributed by atoms with Crippen molar-refractivity contribution in [2.45, 2.75) is 24.2 Å². The first kappa shape index (κ1) is 15.8. The molecule has 0 spiro atoms. The molecule has 112 valence electrons. The molecule has 1 aromatic heterocycles. The van der Waals surface area contributed by atoms with Crippen molar-refractivity contribution in [2.24, 2.45) is 0 Å². The summed E-state index contributed by atoms with van der Waals surface area (Å²) in [6, 6.07) is 9.92. The highest BCUT2D eigenvalue weighted by Gasteiger charge is 2.11. The van der Waals surface area contributed by atoms with E-state index in [2.05, 4.69) is 20.8 Å². The van der Waals surface area contributed by atoms with E-state index in [-0.39, 0.29) is 11.9 Å². The smallest absolute Gasteiger partial charge is 0.230 e. The third kappa shape index (κ3) is 5.02. The van der Waals surface area contributed by atoms with Gasteiger partial charge in [-0.25, -0.2) is 0 Å². The summed E-state index contributed by atoms with van der Waals surface area (Å²) in [5.41, 5.74) is 1.10. The molecule has 7 heteroatoms. The molecule has 0 fully saturated rings. The normalized spacial score (nSPS) is 11.9. The van der Waals surface area contributed by atoms with Crippen LogP contribution in [-0.4, -0.2) is 28.4 Å². The van der Waals surface area contributed by atoms with Gasteiger partial charge in [0.15, 0.2) is 4.34 Å². The van der Waals surface area contributed by atoms with E-state index in [4.69, 9.17) is 0 Å². The molecule has 1 heterocycles. The summed E-state index contributed by atoms with van der Waals surface area (Å²) < 4.78 is 0.800. The Balaban J connectivity index is 1.79. The summed E-state index contributed by atoms with van der Waals surface area (Å²) in [5, 5.41) is 14.9. The predicted octanol–water partition coefficient (Wildman–Crippen LogP) is 2.94. The quantitative estimate of drug-likeness (QED) is 0.767. The Morgan fingerprint density at radius 2 is 2.10 bits per heavy atom. The zero-order chi connectivity index (χ0) is 15.1. The molecule has 2 rings (SSSR count). The van der Waals surface area contributed by atoms with Crippen molar-refractivity contribution in [3.63, 3.8) is 0 Å². The van der Waals surface area contributed by atoms with Gasteiger partial charge in [-0.05, 0) is 19.4 Å². The molecule has 5 nitrogen and oxygen atoms in total. The van der Waals surface area contributed by atoms with Gasteiger partial charge in [0.1, 0.15) is 0 Å². The summed E-state index contributed by atoms with van der Waals surface area (Å²) in [7, 11) is 0. The molecule has 1 atom stereocenters. The maximum Gasteiger partial charge on any atom is 0.230 e. The van der Waals surface area contributed by atoms with Crippen molar-refractivity contribution >= 4 is 34.1 Å². The summed E-state index contributed by atoms with van der Waals surface area (Å²) in [6.45, 7) is 4.80. The van der Waals surface area contributed by atoms with Gasteiger partial charge < -0.3 is 10.6 Å². The number of nitrogens with one attached hydrogen (secondary N) is 2. The average molecular weight is 322 g/mol. The van der Waals surface area contributed by atoms with Crippen LogP contribution in [0.25, 0.3) is 0 Å². The zero-order valence-corrected chi connectivity index (χ0v) is 13.6. The van der Waals surface area contributed by atoms with E-state index in [0.717, 1.165) is 21.6 Å². The lowest BCUT2D eigenvalue weighted by molar-refractivity contribution is -0.119. The molecule has 0 saturated carbocycles. The number of anilines is 1. The number of nitrogens with zero attached hydrogens (tertiary/aromatic N) is 2. The fourth-order valence-electron chi connectivity index (χ4n) is 1.73. The van der Waals surface area contributed by atoms with Crippen LogP contribution in [0, 0.1) is 0 Å². The number of benzene rings is 1. The second-order valence-corrected chi connectivity index (χ2v) is 6.59. The highest BCUT2D eigenvalue weighted by molar-refractivity contribution is 8.01. The summed E-state index contributed by atoms with van der Waals surface area (Å²) in [6.07, 6.45) is 0. The van der Waals surface area contributed by atoms with E-state index >= 15 is 0 Å². The van der Waals surface area contributed by atoms with Crippen molar-refractivity contribution in [3.05, 3.63) is 35.9 Å². The highest BCUT2D eigenvalue weighted by Crippen LogP contribution is 2.25. The van der Waals surface area contributed by atoms with Crippen molar-refractivity contribution in [1.29, 1.82) is 0 Å². The van der Waals surface area contributed by atoms with Gasteiger partial charge in [-0.15, -0.1) is 10.2 Å². The molecule has 0 unspecified atom stereocenters. The van der Waals surface area contributed by atoms with Crippen LogP contribution in [0.4, 0.5) is 5.13 Å². The molecular weight excluding hydrogens is 304 g/mol. The van der Waals surface area contributed by atoms with Gasteiger partial charge in [-0.2, -0.15) is 0 Å². The van der Waals surface area contributed by atoms with Crippen molar-refractivity contribution in [1.82, 2.24) is 15.5 Å². The molecule has 21 heavy (non-hydrogen) atoms. The second kappa shape index (κ2) is 7.99. The average Bonchev–Trinajstić information content (AvgIpc) is 2.94. The first-order valence-electron chi connectivity index (χ1n) is 6.73. The van der Waals surface area contributed by atoms with E-state index in [9.17, 15) is 4.79 Å². The van der Waals surface area contributed by atoms with Crippen LogP contribution in [0.15, 0.2) is 34.7 Å². The fraction of sp³-hybridized carbons (Fsp3) is 0.357. The maximum absolute atomic E-state index is 11.9. The third-order valence-electron chi connectivity index (χ3n) is 2.74.